The van der Waals surface area contributed by atoms with Gasteiger partial charge in [0.15, 0.2) is 0 Å². The number of nitrogens with zero attached hydrogens (tertiary/aromatic N) is 1. The molecular formula is C21H23ClF3N3O3S. The van der Waals surface area contributed by atoms with E-state index in [0.29, 0.717) is 11.1 Å². The number of benzene rings is 2. The van der Waals surface area contributed by atoms with Crippen molar-refractivity contribution in [3.63, 3.8) is 0 Å². The van der Waals surface area contributed by atoms with E-state index in [1.54, 1.807) is 6.07 Å². The van der Waals surface area contributed by atoms with Crippen LogP contribution in [0.5, 0.6) is 0 Å². The number of amides is 1. The zero-order valence-corrected chi connectivity index (χ0v) is 18.6. The number of rotatable bonds is 8. The van der Waals surface area contributed by atoms with Crippen molar-refractivity contribution in [1.29, 1.82) is 0 Å². The summed E-state index contributed by atoms with van der Waals surface area (Å²) in [4.78, 5) is 14.0. The molecule has 1 heterocycles. The minimum atomic E-state index is -4.67. The first kappa shape index (κ1) is 24.5. The van der Waals surface area contributed by atoms with Gasteiger partial charge in [0.25, 0.3) is 0 Å². The molecule has 32 heavy (non-hydrogen) atoms. The van der Waals surface area contributed by atoms with Crippen LogP contribution < -0.4 is 10.0 Å². The monoisotopic (exact) mass is 489 g/mol. The van der Waals surface area contributed by atoms with Gasteiger partial charge in [-0.1, -0.05) is 29.8 Å². The minimum Gasteiger partial charge on any atom is -0.353 e. The van der Waals surface area contributed by atoms with Crippen LogP contribution in [0.2, 0.25) is 5.02 Å². The van der Waals surface area contributed by atoms with Crippen molar-refractivity contribution in [2.45, 2.75) is 30.0 Å². The second-order valence-corrected chi connectivity index (χ2v) is 9.67. The lowest BCUT2D eigenvalue weighted by Crippen LogP contribution is -2.41. The first-order chi connectivity index (χ1) is 15.1. The summed E-state index contributed by atoms with van der Waals surface area (Å²) in [5.74, 6) is -0.591. The number of hydrogen-bond donors (Lipinski definition) is 2. The number of alkyl halides is 3. The lowest BCUT2D eigenvalue weighted by molar-refractivity contribution is -0.137. The van der Waals surface area contributed by atoms with Gasteiger partial charge in [-0.05, 0) is 61.8 Å². The van der Waals surface area contributed by atoms with Gasteiger partial charge in [-0.15, -0.1) is 0 Å². The molecule has 1 saturated heterocycles. The van der Waals surface area contributed by atoms with Gasteiger partial charge in [0.2, 0.25) is 15.9 Å². The Morgan fingerprint density at radius 2 is 1.78 bits per heavy atom. The van der Waals surface area contributed by atoms with Crippen LogP contribution in [0, 0.1) is 0 Å². The number of halogens is 4. The molecule has 0 radical (unpaired) electrons. The van der Waals surface area contributed by atoms with Gasteiger partial charge in [-0.3, -0.25) is 9.69 Å². The normalized spacial score (nSPS) is 16.1. The molecule has 1 unspecified atom stereocenters. The minimum absolute atomic E-state index is 0.125. The third kappa shape index (κ3) is 6.44. The van der Waals surface area contributed by atoms with Crippen molar-refractivity contribution in [2.24, 2.45) is 0 Å². The molecule has 0 saturated carbocycles. The van der Waals surface area contributed by atoms with Crippen LogP contribution in [0.25, 0.3) is 0 Å². The molecule has 1 fully saturated rings. The zero-order chi connectivity index (χ0) is 23.4. The maximum Gasteiger partial charge on any atom is 0.416 e. The average Bonchev–Trinajstić information content (AvgIpc) is 3.27. The molecule has 2 aromatic carbocycles. The summed E-state index contributed by atoms with van der Waals surface area (Å²) in [7, 11) is -4.29. The van der Waals surface area contributed by atoms with Gasteiger partial charge in [0.1, 0.15) is 0 Å². The molecule has 1 aliphatic heterocycles. The van der Waals surface area contributed by atoms with Gasteiger partial charge in [-0.25, -0.2) is 13.1 Å². The lowest BCUT2D eigenvalue weighted by atomic mass is 10.1. The Kier molecular flexibility index (Phi) is 7.81. The van der Waals surface area contributed by atoms with E-state index in [9.17, 15) is 26.4 Å². The molecule has 6 nitrogen and oxygen atoms in total. The number of hydrogen-bond acceptors (Lipinski definition) is 4. The highest BCUT2D eigenvalue weighted by Crippen LogP contribution is 2.30. The largest absolute Gasteiger partial charge is 0.416 e. The Morgan fingerprint density at radius 1 is 1.09 bits per heavy atom. The highest BCUT2D eigenvalue weighted by Gasteiger charge is 2.31. The standard InChI is InChI=1S/C21H23ClF3N3O3S/c22-17-7-3-5-15(11-17)19(28-9-1-2-10-28)13-26-20(29)14-27-32(30,31)18-8-4-6-16(12-18)21(23,24)25/h3-8,11-12,19,27H,1-2,9-10,13-14H2,(H,26,29). The fraction of sp³-hybridized carbons (Fsp3) is 0.381. The maximum atomic E-state index is 12.8. The number of likely N-dealkylation sites (tertiary alicyclic amines) is 1. The summed E-state index contributed by atoms with van der Waals surface area (Å²) in [6.45, 7) is 1.38. The van der Waals surface area contributed by atoms with E-state index < -0.39 is 39.1 Å². The molecule has 2 aromatic rings. The van der Waals surface area contributed by atoms with Crippen LogP contribution in [0.3, 0.4) is 0 Å². The molecule has 0 aliphatic carbocycles. The molecule has 2 N–H and O–H groups in total. The second kappa shape index (κ2) is 10.2. The summed E-state index contributed by atoms with van der Waals surface area (Å²) in [6.07, 6.45) is -2.59. The van der Waals surface area contributed by atoms with Gasteiger partial charge < -0.3 is 5.32 Å². The third-order valence-electron chi connectivity index (χ3n) is 5.20. The smallest absolute Gasteiger partial charge is 0.353 e. The van der Waals surface area contributed by atoms with Crippen molar-refractivity contribution < 1.29 is 26.4 Å². The summed E-state index contributed by atoms with van der Waals surface area (Å²) < 4.78 is 65.3. The number of carbonyl (C=O) groups excluding carboxylic acids is 1. The topological polar surface area (TPSA) is 78.5 Å². The van der Waals surface area contributed by atoms with Gasteiger partial charge >= 0.3 is 6.18 Å². The van der Waals surface area contributed by atoms with Crippen LogP contribution in [0.15, 0.2) is 53.4 Å². The maximum absolute atomic E-state index is 12.8. The van der Waals surface area contributed by atoms with E-state index >= 15 is 0 Å². The second-order valence-electron chi connectivity index (χ2n) is 7.47. The first-order valence-corrected chi connectivity index (χ1v) is 11.9. The fourth-order valence-electron chi connectivity index (χ4n) is 3.58. The SMILES string of the molecule is O=C(CNS(=O)(=O)c1cccc(C(F)(F)F)c1)NCC(c1cccc(Cl)c1)N1CCCC1. The summed E-state index contributed by atoms with van der Waals surface area (Å²) in [6, 6.07) is 10.5. The van der Waals surface area contributed by atoms with Crippen molar-refractivity contribution in [2.75, 3.05) is 26.2 Å². The van der Waals surface area contributed by atoms with Crippen molar-refractivity contribution in [3.05, 3.63) is 64.7 Å². The highest BCUT2D eigenvalue weighted by molar-refractivity contribution is 7.89. The van der Waals surface area contributed by atoms with Crippen LogP contribution in [0.4, 0.5) is 13.2 Å². The van der Waals surface area contributed by atoms with E-state index in [0.717, 1.165) is 49.7 Å². The summed E-state index contributed by atoms with van der Waals surface area (Å²) in [5.41, 5.74) is -0.149. The number of carbonyl (C=O) groups is 1. The Hall–Kier alpha value is -2.14. The molecule has 0 aromatic heterocycles. The zero-order valence-electron chi connectivity index (χ0n) is 17.0. The fourth-order valence-corrected chi connectivity index (χ4v) is 4.81. The quantitative estimate of drug-likeness (QED) is 0.594. The van der Waals surface area contributed by atoms with E-state index in [4.69, 9.17) is 11.6 Å². The van der Waals surface area contributed by atoms with Gasteiger partial charge in [0.05, 0.1) is 23.0 Å². The molecule has 1 amide bonds. The summed E-state index contributed by atoms with van der Waals surface area (Å²) >= 11 is 6.10. The Balaban J connectivity index is 1.62. The van der Waals surface area contributed by atoms with E-state index in [1.165, 1.54) is 0 Å². The van der Waals surface area contributed by atoms with Crippen LogP contribution in [-0.4, -0.2) is 45.4 Å². The van der Waals surface area contributed by atoms with Gasteiger partial charge in [0, 0.05) is 11.6 Å². The van der Waals surface area contributed by atoms with Gasteiger partial charge in [-0.2, -0.15) is 13.2 Å². The van der Waals surface area contributed by atoms with Crippen molar-refractivity contribution in [3.8, 4) is 0 Å². The molecule has 0 spiro atoms. The van der Waals surface area contributed by atoms with Crippen LogP contribution >= 0.6 is 11.6 Å². The lowest BCUT2D eigenvalue weighted by Gasteiger charge is -2.28. The molecular weight excluding hydrogens is 467 g/mol. The highest BCUT2D eigenvalue weighted by atomic mass is 35.5. The van der Waals surface area contributed by atoms with Crippen LogP contribution in [-0.2, 0) is 21.0 Å². The van der Waals surface area contributed by atoms with Crippen LogP contribution in [0.1, 0.15) is 30.0 Å². The predicted octanol–water partition coefficient (Wildman–Crippen LogP) is 3.59. The molecule has 1 atom stereocenters. The van der Waals surface area contributed by atoms with Crippen molar-refractivity contribution >= 4 is 27.5 Å². The average molecular weight is 490 g/mol. The molecule has 3 rings (SSSR count). The van der Waals surface area contributed by atoms with Crippen molar-refractivity contribution in [1.82, 2.24) is 14.9 Å². The molecule has 0 bridgehead atoms. The first-order valence-electron chi connectivity index (χ1n) is 9.99. The number of nitrogens with one attached hydrogen (secondary N) is 2. The Labute approximate surface area is 189 Å². The summed E-state index contributed by atoms with van der Waals surface area (Å²) in [5, 5.41) is 3.28. The molecule has 174 valence electrons. The Morgan fingerprint density at radius 3 is 2.44 bits per heavy atom. The molecule has 11 heteroatoms. The van der Waals surface area contributed by atoms with E-state index in [2.05, 4.69) is 14.9 Å². The predicted molar refractivity (Wildman–Crippen MR) is 115 cm³/mol. The van der Waals surface area contributed by atoms with E-state index in [1.807, 2.05) is 18.2 Å². The Bertz CT molecular complexity index is 1060. The third-order valence-corrected chi connectivity index (χ3v) is 6.84. The number of sulfonamides is 1. The van der Waals surface area contributed by atoms with E-state index in [-0.39, 0.29) is 12.6 Å². The molecule has 1 aliphatic rings.